The largest absolute Gasteiger partial charge is 0.475 e. The van der Waals surface area contributed by atoms with Gasteiger partial charge in [0.15, 0.2) is 0 Å². The second kappa shape index (κ2) is 5.58. The van der Waals surface area contributed by atoms with E-state index in [0.29, 0.717) is 11.6 Å². The first-order chi connectivity index (χ1) is 9.63. The van der Waals surface area contributed by atoms with Crippen LogP contribution < -0.4 is 0 Å². The van der Waals surface area contributed by atoms with Crippen LogP contribution in [0, 0.1) is 6.92 Å². The Hall–Kier alpha value is -1.33. The van der Waals surface area contributed by atoms with Crippen LogP contribution >= 0.6 is 0 Å². The van der Waals surface area contributed by atoms with E-state index in [1.807, 2.05) is 6.07 Å². The molecule has 2 aliphatic rings. The molecule has 5 nitrogen and oxygen atoms in total. The quantitative estimate of drug-likeness (QED) is 0.916. The van der Waals surface area contributed by atoms with Gasteiger partial charge in [-0.2, -0.15) is 0 Å². The van der Waals surface area contributed by atoms with Crippen molar-refractivity contribution in [2.24, 2.45) is 0 Å². The molecule has 20 heavy (non-hydrogen) atoms. The molecule has 1 N–H and O–H groups in total. The van der Waals surface area contributed by atoms with Crippen LogP contribution in [-0.4, -0.2) is 53.1 Å². The van der Waals surface area contributed by atoms with Gasteiger partial charge >= 0.3 is 5.97 Å². The molecular formula is C15H22N2O3. The molecule has 0 saturated carbocycles. The molecule has 1 unspecified atom stereocenters. The molecule has 5 heteroatoms. The summed E-state index contributed by atoms with van der Waals surface area (Å²) in [6, 6.07) is 2.54. The van der Waals surface area contributed by atoms with Crippen LogP contribution in [-0.2, 0) is 6.54 Å². The Morgan fingerprint density at radius 3 is 2.95 bits per heavy atom. The van der Waals surface area contributed by atoms with Gasteiger partial charge in [0.05, 0.1) is 6.54 Å². The van der Waals surface area contributed by atoms with E-state index in [9.17, 15) is 4.79 Å². The van der Waals surface area contributed by atoms with Crippen LogP contribution in [0.2, 0.25) is 0 Å². The van der Waals surface area contributed by atoms with Crippen LogP contribution in [0.4, 0.5) is 0 Å². The zero-order chi connectivity index (χ0) is 14.1. The fourth-order valence-electron chi connectivity index (χ4n) is 3.49. The average molecular weight is 278 g/mol. The van der Waals surface area contributed by atoms with Crippen LogP contribution in [0.3, 0.4) is 0 Å². The molecule has 2 saturated heterocycles. The molecule has 0 aromatic carbocycles. The number of hydrogen-bond acceptors (Lipinski definition) is 4. The van der Waals surface area contributed by atoms with Gasteiger partial charge < -0.3 is 9.52 Å². The van der Waals surface area contributed by atoms with Crippen molar-refractivity contribution in [2.75, 3.05) is 26.2 Å². The number of fused-ring (bicyclic) bond motifs is 1. The normalized spacial score (nSPS) is 24.6. The Morgan fingerprint density at radius 1 is 1.40 bits per heavy atom. The summed E-state index contributed by atoms with van der Waals surface area (Å²) >= 11 is 0. The number of rotatable bonds is 3. The molecule has 0 amide bonds. The van der Waals surface area contributed by atoms with E-state index in [1.54, 1.807) is 6.92 Å². The highest BCUT2D eigenvalue weighted by Crippen LogP contribution is 2.23. The summed E-state index contributed by atoms with van der Waals surface area (Å²) in [7, 11) is 0. The lowest BCUT2D eigenvalue weighted by molar-refractivity contribution is 0.0657. The summed E-state index contributed by atoms with van der Waals surface area (Å²) < 4.78 is 5.48. The maximum atomic E-state index is 11.0. The number of aromatic carboxylic acids is 1. The maximum absolute atomic E-state index is 11.0. The Balaban J connectivity index is 1.67. The highest BCUT2D eigenvalue weighted by atomic mass is 16.4. The molecule has 2 aliphatic heterocycles. The van der Waals surface area contributed by atoms with E-state index in [1.165, 1.54) is 32.4 Å². The Morgan fingerprint density at radius 2 is 2.20 bits per heavy atom. The lowest BCUT2D eigenvalue weighted by Crippen LogP contribution is -2.36. The molecule has 0 bridgehead atoms. The molecule has 3 rings (SSSR count). The monoisotopic (exact) mass is 278 g/mol. The summed E-state index contributed by atoms with van der Waals surface area (Å²) in [5.74, 6) is -0.129. The van der Waals surface area contributed by atoms with Crippen molar-refractivity contribution in [3.05, 3.63) is 23.2 Å². The minimum Gasteiger partial charge on any atom is -0.475 e. The highest BCUT2D eigenvalue weighted by molar-refractivity contribution is 5.86. The summed E-state index contributed by atoms with van der Waals surface area (Å²) in [4.78, 5) is 16.0. The van der Waals surface area contributed by atoms with Crippen LogP contribution in [0.5, 0.6) is 0 Å². The number of hydrogen-bond donors (Lipinski definition) is 1. The van der Waals surface area contributed by atoms with E-state index < -0.39 is 5.97 Å². The topological polar surface area (TPSA) is 56.9 Å². The van der Waals surface area contributed by atoms with Gasteiger partial charge in [0.2, 0.25) is 5.76 Å². The first-order valence-corrected chi connectivity index (χ1v) is 7.42. The average Bonchev–Trinajstić information content (AvgIpc) is 2.92. The van der Waals surface area contributed by atoms with E-state index in [4.69, 9.17) is 9.52 Å². The Labute approximate surface area is 119 Å². The van der Waals surface area contributed by atoms with Gasteiger partial charge in [-0.3, -0.25) is 9.80 Å². The molecule has 1 aromatic rings. The third-order valence-electron chi connectivity index (χ3n) is 4.43. The fourth-order valence-corrected chi connectivity index (χ4v) is 3.49. The number of furan rings is 1. The van der Waals surface area contributed by atoms with Gasteiger partial charge in [-0.1, -0.05) is 0 Å². The lowest BCUT2D eigenvalue weighted by Gasteiger charge is -2.24. The number of carbonyl (C=O) groups is 1. The standard InChI is InChI=1S/C15H22N2O3/c1-11-8-13(20-14(11)15(18)19)10-16-5-3-7-17-6-2-4-12(17)9-16/h8,12H,2-7,9-10H2,1H3,(H,18,19). The summed E-state index contributed by atoms with van der Waals surface area (Å²) in [6.07, 6.45) is 3.78. The zero-order valence-corrected chi connectivity index (χ0v) is 12.0. The van der Waals surface area contributed by atoms with Crippen molar-refractivity contribution in [1.82, 2.24) is 9.80 Å². The Kier molecular flexibility index (Phi) is 3.81. The smallest absolute Gasteiger partial charge is 0.372 e. The van der Waals surface area contributed by atoms with Gasteiger partial charge in [0.25, 0.3) is 0 Å². The second-order valence-electron chi connectivity index (χ2n) is 5.95. The molecular weight excluding hydrogens is 256 g/mol. The molecule has 3 heterocycles. The molecule has 2 fully saturated rings. The summed E-state index contributed by atoms with van der Waals surface area (Å²) in [5.41, 5.74) is 0.713. The Bertz CT molecular complexity index is 497. The second-order valence-corrected chi connectivity index (χ2v) is 5.95. The molecule has 1 atom stereocenters. The van der Waals surface area contributed by atoms with Gasteiger partial charge in [-0.25, -0.2) is 4.79 Å². The highest BCUT2D eigenvalue weighted by Gasteiger charge is 2.29. The number of carboxylic acids is 1. The molecule has 0 aliphatic carbocycles. The van der Waals surface area contributed by atoms with Gasteiger partial charge in [-0.15, -0.1) is 0 Å². The van der Waals surface area contributed by atoms with E-state index in [-0.39, 0.29) is 5.76 Å². The third-order valence-corrected chi connectivity index (χ3v) is 4.43. The first kappa shape index (κ1) is 13.6. The lowest BCUT2D eigenvalue weighted by atomic mass is 10.2. The summed E-state index contributed by atoms with van der Waals surface area (Å²) in [6.45, 7) is 7.08. The fraction of sp³-hybridized carbons (Fsp3) is 0.667. The van der Waals surface area contributed by atoms with Gasteiger partial charge in [0, 0.05) is 18.2 Å². The van der Waals surface area contributed by atoms with Gasteiger partial charge in [0.1, 0.15) is 5.76 Å². The predicted octanol–water partition coefficient (Wildman–Crippen LogP) is 1.96. The van der Waals surface area contributed by atoms with Crippen LogP contribution in [0.15, 0.2) is 10.5 Å². The van der Waals surface area contributed by atoms with Crippen molar-refractivity contribution >= 4 is 5.97 Å². The zero-order valence-electron chi connectivity index (χ0n) is 12.0. The SMILES string of the molecule is Cc1cc(CN2CCCN3CCCC3C2)oc1C(=O)O. The van der Waals surface area contributed by atoms with Crippen molar-refractivity contribution < 1.29 is 14.3 Å². The van der Waals surface area contributed by atoms with E-state index in [0.717, 1.165) is 25.4 Å². The van der Waals surface area contributed by atoms with Gasteiger partial charge in [-0.05, 0) is 51.9 Å². The van der Waals surface area contributed by atoms with Crippen LogP contribution in [0.1, 0.15) is 41.1 Å². The van der Waals surface area contributed by atoms with Crippen LogP contribution in [0.25, 0.3) is 0 Å². The van der Waals surface area contributed by atoms with E-state index in [2.05, 4.69) is 9.80 Å². The molecule has 1 aromatic heterocycles. The number of carboxylic acid groups (broad SMARTS) is 1. The van der Waals surface area contributed by atoms with E-state index >= 15 is 0 Å². The molecule has 0 radical (unpaired) electrons. The molecule has 110 valence electrons. The van der Waals surface area contributed by atoms with Crippen molar-refractivity contribution in [3.63, 3.8) is 0 Å². The van der Waals surface area contributed by atoms with Crippen molar-refractivity contribution in [1.29, 1.82) is 0 Å². The predicted molar refractivity (Wildman–Crippen MR) is 74.9 cm³/mol. The minimum atomic E-state index is -0.980. The number of nitrogens with zero attached hydrogens (tertiary/aromatic N) is 2. The summed E-state index contributed by atoms with van der Waals surface area (Å²) in [5, 5.41) is 9.04. The van der Waals surface area contributed by atoms with Crippen molar-refractivity contribution in [3.8, 4) is 0 Å². The minimum absolute atomic E-state index is 0.0808. The van der Waals surface area contributed by atoms with Crippen molar-refractivity contribution in [2.45, 2.75) is 38.8 Å². The maximum Gasteiger partial charge on any atom is 0.372 e. The number of aryl methyl sites for hydroxylation is 1. The molecule has 0 spiro atoms. The third kappa shape index (κ3) is 2.74. The first-order valence-electron chi connectivity index (χ1n) is 7.42.